The van der Waals surface area contributed by atoms with E-state index in [1.807, 2.05) is 0 Å². The Labute approximate surface area is 141 Å². The summed E-state index contributed by atoms with van der Waals surface area (Å²) in [5.41, 5.74) is 1.01. The van der Waals surface area contributed by atoms with Gasteiger partial charge >= 0.3 is 0 Å². The monoisotopic (exact) mass is 376 g/mol. The largest absolute Gasteiger partial charge is 0.326 e. The van der Waals surface area contributed by atoms with Crippen LogP contribution in [0.3, 0.4) is 0 Å². The lowest BCUT2D eigenvalue weighted by Crippen LogP contribution is -2.15. The van der Waals surface area contributed by atoms with Gasteiger partial charge in [0.15, 0.2) is 0 Å². The van der Waals surface area contributed by atoms with E-state index in [-0.39, 0.29) is 17.5 Å². The molecule has 0 aromatic heterocycles. The second kappa shape index (κ2) is 6.50. The summed E-state index contributed by atoms with van der Waals surface area (Å²) in [6.07, 6.45) is 1.82. The molecular weight excluding hydrogens is 363 g/mol. The van der Waals surface area contributed by atoms with E-state index in [0.29, 0.717) is 15.7 Å². The third-order valence-electron chi connectivity index (χ3n) is 3.52. The van der Waals surface area contributed by atoms with Crippen molar-refractivity contribution in [2.24, 2.45) is 5.92 Å². The maximum Gasteiger partial charge on any atom is 0.255 e. The van der Waals surface area contributed by atoms with Crippen LogP contribution in [-0.2, 0) is 4.79 Å². The van der Waals surface area contributed by atoms with Gasteiger partial charge in [-0.15, -0.1) is 0 Å². The van der Waals surface area contributed by atoms with E-state index in [2.05, 4.69) is 26.6 Å². The minimum Gasteiger partial charge on any atom is -0.326 e. The molecule has 2 amide bonds. The van der Waals surface area contributed by atoms with Crippen molar-refractivity contribution >= 4 is 39.1 Å². The number of nitrogens with one attached hydrogen (secondary N) is 2. The SMILES string of the molecule is O=C(Nc1ccc(Br)cc1F)c1cccc(NC(=O)C2CC2)c1. The Kier molecular flexibility index (Phi) is 4.43. The quantitative estimate of drug-likeness (QED) is 0.840. The molecule has 1 aliphatic carbocycles. The van der Waals surface area contributed by atoms with Crippen LogP contribution in [0, 0.1) is 11.7 Å². The fourth-order valence-corrected chi connectivity index (χ4v) is 2.45. The molecule has 0 saturated heterocycles. The lowest BCUT2D eigenvalue weighted by Gasteiger charge is -2.09. The number of hydrogen-bond acceptors (Lipinski definition) is 2. The summed E-state index contributed by atoms with van der Waals surface area (Å²) in [5.74, 6) is -0.898. The van der Waals surface area contributed by atoms with Gasteiger partial charge in [-0.1, -0.05) is 22.0 Å². The summed E-state index contributed by atoms with van der Waals surface area (Å²) in [6.45, 7) is 0. The average Bonchev–Trinajstić information content (AvgIpc) is 3.35. The van der Waals surface area contributed by atoms with Crippen LogP contribution in [0.2, 0.25) is 0 Å². The first-order chi connectivity index (χ1) is 11.0. The highest BCUT2D eigenvalue weighted by Gasteiger charge is 2.29. The summed E-state index contributed by atoms with van der Waals surface area (Å²) >= 11 is 3.16. The zero-order valence-corrected chi connectivity index (χ0v) is 13.7. The highest BCUT2D eigenvalue weighted by Crippen LogP contribution is 2.30. The molecule has 1 saturated carbocycles. The molecule has 2 aromatic carbocycles. The predicted molar refractivity (Wildman–Crippen MR) is 89.8 cm³/mol. The number of halogens is 2. The third-order valence-corrected chi connectivity index (χ3v) is 4.01. The van der Waals surface area contributed by atoms with Gasteiger partial charge in [0.1, 0.15) is 5.82 Å². The second-order valence-electron chi connectivity index (χ2n) is 5.42. The first kappa shape index (κ1) is 15.7. The molecule has 23 heavy (non-hydrogen) atoms. The van der Waals surface area contributed by atoms with Gasteiger partial charge in [0.25, 0.3) is 5.91 Å². The molecule has 0 atom stereocenters. The van der Waals surface area contributed by atoms with E-state index in [0.717, 1.165) is 12.8 Å². The minimum atomic E-state index is -0.522. The first-order valence-corrected chi connectivity index (χ1v) is 7.99. The number of rotatable bonds is 4. The van der Waals surface area contributed by atoms with Crippen LogP contribution < -0.4 is 10.6 Å². The van der Waals surface area contributed by atoms with Gasteiger partial charge < -0.3 is 10.6 Å². The van der Waals surface area contributed by atoms with Crippen molar-refractivity contribution in [2.45, 2.75) is 12.8 Å². The van der Waals surface area contributed by atoms with Crippen LogP contribution in [0.15, 0.2) is 46.9 Å². The molecule has 118 valence electrons. The zero-order chi connectivity index (χ0) is 16.4. The zero-order valence-electron chi connectivity index (χ0n) is 12.1. The Morgan fingerprint density at radius 1 is 1.09 bits per heavy atom. The predicted octanol–water partition coefficient (Wildman–Crippen LogP) is 4.19. The van der Waals surface area contributed by atoms with Crippen LogP contribution in [-0.4, -0.2) is 11.8 Å². The van der Waals surface area contributed by atoms with E-state index in [1.54, 1.807) is 30.3 Å². The Balaban J connectivity index is 1.72. The maximum atomic E-state index is 13.8. The number of benzene rings is 2. The molecule has 1 fully saturated rings. The molecule has 3 rings (SSSR count). The highest BCUT2D eigenvalue weighted by atomic mass is 79.9. The molecule has 1 aliphatic rings. The molecule has 4 nitrogen and oxygen atoms in total. The van der Waals surface area contributed by atoms with Crippen molar-refractivity contribution in [3.8, 4) is 0 Å². The van der Waals surface area contributed by atoms with Gasteiger partial charge in [0.2, 0.25) is 5.91 Å². The number of hydrogen-bond donors (Lipinski definition) is 2. The lowest BCUT2D eigenvalue weighted by molar-refractivity contribution is -0.117. The topological polar surface area (TPSA) is 58.2 Å². The van der Waals surface area contributed by atoms with Gasteiger partial charge in [-0.3, -0.25) is 9.59 Å². The Morgan fingerprint density at radius 2 is 1.87 bits per heavy atom. The van der Waals surface area contributed by atoms with E-state index >= 15 is 0 Å². The van der Waals surface area contributed by atoms with Crippen LogP contribution in [0.25, 0.3) is 0 Å². The fraction of sp³-hybridized carbons (Fsp3) is 0.176. The van der Waals surface area contributed by atoms with E-state index in [4.69, 9.17) is 0 Å². The molecule has 6 heteroatoms. The molecule has 0 aliphatic heterocycles. The average molecular weight is 377 g/mol. The molecule has 0 heterocycles. The number of carbonyl (C=O) groups excluding carboxylic acids is 2. The molecule has 2 aromatic rings. The van der Waals surface area contributed by atoms with Crippen molar-refractivity contribution in [1.29, 1.82) is 0 Å². The van der Waals surface area contributed by atoms with Crippen molar-refractivity contribution in [3.63, 3.8) is 0 Å². The van der Waals surface area contributed by atoms with Crippen molar-refractivity contribution in [1.82, 2.24) is 0 Å². The highest BCUT2D eigenvalue weighted by molar-refractivity contribution is 9.10. The number of carbonyl (C=O) groups is 2. The first-order valence-electron chi connectivity index (χ1n) is 7.20. The van der Waals surface area contributed by atoms with Gasteiger partial charge in [-0.25, -0.2) is 4.39 Å². The van der Waals surface area contributed by atoms with E-state index in [1.165, 1.54) is 12.1 Å². The van der Waals surface area contributed by atoms with Gasteiger partial charge in [-0.2, -0.15) is 0 Å². The Bertz CT molecular complexity index is 775. The molecular formula is C17H14BrFN2O2. The van der Waals surface area contributed by atoms with Crippen molar-refractivity contribution in [3.05, 3.63) is 58.3 Å². The fourth-order valence-electron chi connectivity index (χ4n) is 2.11. The smallest absolute Gasteiger partial charge is 0.255 e. The summed E-state index contributed by atoms with van der Waals surface area (Å²) < 4.78 is 14.4. The number of amides is 2. The minimum absolute atomic E-state index is 0.0264. The lowest BCUT2D eigenvalue weighted by atomic mass is 10.1. The molecule has 2 N–H and O–H groups in total. The molecule has 0 unspecified atom stereocenters. The standard InChI is InChI=1S/C17H14BrFN2O2/c18-12-6-7-15(14(19)9-12)21-17(23)11-2-1-3-13(8-11)20-16(22)10-4-5-10/h1-3,6-10H,4-5H2,(H,20,22)(H,21,23). The third kappa shape index (κ3) is 3.96. The summed E-state index contributed by atoms with van der Waals surface area (Å²) in [4.78, 5) is 24.0. The van der Waals surface area contributed by atoms with Crippen LogP contribution >= 0.6 is 15.9 Å². The molecule has 0 radical (unpaired) electrons. The van der Waals surface area contributed by atoms with Crippen molar-refractivity contribution in [2.75, 3.05) is 10.6 Å². The van der Waals surface area contributed by atoms with Crippen LogP contribution in [0.5, 0.6) is 0 Å². The maximum absolute atomic E-state index is 13.8. The van der Waals surface area contributed by atoms with Gasteiger partial charge in [-0.05, 0) is 49.2 Å². The normalized spacial score (nSPS) is 13.5. The Morgan fingerprint density at radius 3 is 2.57 bits per heavy atom. The van der Waals surface area contributed by atoms with Crippen molar-refractivity contribution < 1.29 is 14.0 Å². The Hall–Kier alpha value is -2.21. The number of anilines is 2. The van der Waals surface area contributed by atoms with E-state index < -0.39 is 11.7 Å². The van der Waals surface area contributed by atoms with Gasteiger partial charge in [0, 0.05) is 21.6 Å². The summed E-state index contributed by atoms with van der Waals surface area (Å²) in [6, 6.07) is 11.0. The molecule has 0 bridgehead atoms. The van der Waals surface area contributed by atoms with Gasteiger partial charge in [0.05, 0.1) is 5.69 Å². The summed E-state index contributed by atoms with van der Waals surface area (Å²) in [5, 5.41) is 5.30. The second-order valence-corrected chi connectivity index (χ2v) is 6.34. The molecule has 0 spiro atoms. The van der Waals surface area contributed by atoms with Crippen LogP contribution in [0.1, 0.15) is 23.2 Å². The summed E-state index contributed by atoms with van der Waals surface area (Å²) in [7, 11) is 0. The van der Waals surface area contributed by atoms with E-state index in [9.17, 15) is 14.0 Å². The van der Waals surface area contributed by atoms with Crippen LogP contribution in [0.4, 0.5) is 15.8 Å².